The van der Waals surface area contributed by atoms with Crippen LogP contribution in [0.3, 0.4) is 0 Å². The van der Waals surface area contributed by atoms with Crippen LogP contribution < -0.4 is 9.47 Å². The number of halogens is 1. The Hall–Kier alpha value is -4.67. The molecule has 1 N–H and O–H groups in total. The highest BCUT2D eigenvalue weighted by molar-refractivity contribution is 6.32. The molecule has 0 aliphatic rings. The summed E-state index contributed by atoms with van der Waals surface area (Å²) in [6.07, 6.45) is 3.68. The summed E-state index contributed by atoms with van der Waals surface area (Å²) in [6.45, 7) is 8.03. The van der Waals surface area contributed by atoms with Crippen LogP contribution in [0.4, 0.5) is 0 Å². The maximum Gasteiger partial charge on any atom is 0.335 e. The monoisotopic (exact) mass is 556 g/mol. The molecule has 0 fully saturated rings. The lowest BCUT2D eigenvalue weighted by Crippen LogP contribution is -2.04. The van der Waals surface area contributed by atoms with Crippen LogP contribution in [0.15, 0.2) is 67.0 Å². The second kappa shape index (κ2) is 13.9. The Labute approximate surface area is 238 Å². The molecule has 0 saturated heterocycles. The van der Waals surface area contributed by atoms with Gasteiger partial charge in [-0.05, 0) is 59.9 Å². The van der Waals surface area contributed by atoms with Gasteiger partial charge in [0, 0.05) is 24.0 Å². The fourth-order valence-corrected chi connectivity index (χ4v) is 4.34. The Kier molecular flexibility index (Phi) is 10.4. The molecule has 1 aromatic heterocycles. The Morgan fingerprint density at radius 1 is 0.975 bits per heavy atom. The summed E-state index contributed by atoms with van der Waals surface area (Å²) in [6, 6.07) is 17.7. The number of carboxylic acids is 1. The highest BCUT2D eigenvalue weighted by Gasteiger charge is 2.16. The molecule has 204 valence electrons. The van der Waals surface area contributed by atoms with E-state index >= 15 is 0 Å². The maximum absolute atomic E-state index is 11.6. The molecule has 40 heavy (non-hydrogen) atoms. The summed E-state index contributed by atoms with van der Waals surface area (Å²) in [4.78, 5) is 27.2. The Bertz CT molecular complexity index is 1580. The van der Waals surface area contributed by atoms with Crippen molar-refractivity contribution >= 4 is 23.9 Å². The number of hydrogen-bond donors (Lipinski definition) is 1. The number of aldehydes is 1. The van der Waals surface area contributed by atoms with Crippen molar-refractivity contribution in [3.63, 3.8) is 0 Å². The summed E-state index contributed by atoms with van der Waals surface area (Å²) in [5.41, 5.74) is 5.87. The van der Waals surface area contributed by atoms with Gasteiger partial charge in [-0.3, -0.25) is 9.78 Å². The molecule has 7 nitrogen and oxygen atoms in total. The second-order valence-corrected chi connectivity index (χ2v) is 8.99. The molecule has 0 spiro atoms. The molecule has 8 heteroatoms. The van der Waals surface area contributed by atoms with Crippen molar-refractivity contribution in [1.29, 1.82) is 5.26 Å². The highest BCUT2D eigenvalue weighted by atomic mass is 35.5. The summed E-state index contributed by atoms with van der Waals surface area (Å²) >= 11 is 6.40. The number of nitrogens with zero attached hydrogens (tertiary/aromatic N) is 2. The van der Waals surface area contributed by atoms with Gasteiger partial charge in [-0.1, -0.05) is 55.8 Å². The topological polar surface area (TPSA) is 110 Å². The van der Waals surface area contributed by atoms with Crippen molar-refractivity contribution in [2.45, 2.75) is 40.9 Å². The summed E-state index contributed by atoms with van der Waals surface area (Å²) in [5.74, 6) is -0.347. The van der Waals surface area contributed by atoms with E-state index in [0.717, 1.165) is 22.3 Å². The normalized spacial score (nSPS) is 10.1. The van der Waals surface area contributed by atoms with E-state index in [9.17, 15) is 14.7 Å². The SMILES string of the molecule is CC.Cc1c(COc2cc(OCc3cncc(C#N)c3)c(C=O)cc2Cl)cccc1-c1cccc(C(=O)O)c1C. The van der Waals surface area contributed by atoms with E-state index in [1.165, 1.54) is 12.3 Å². The van der Waals surface area contributed by atoms with Gasteiger partial charge in [0.05, 0.1) is 21.7 Å². The third-order valence-corrected chi connectivity index (χ3v) is 6.49. The Balaban J connectivity index is 0.00000216. The summed E-state index contributed by atoms with van der Waals surface area (Å²) in [5, 5.41) is 18.8. The predicted octanol–water partition coefficient (Wildman–Crippen LogP) is 7.59. The minimum Gasteiger partial charge on any atom is -0.488 e. The minimum atomic E-state index is -0.970. The smallest absolute Gasteiger partial charge is 0.335 e. The Morgan fingerprint density at radius 2 is 1.65 bits per heavy atom. The zero-order valence-electron chi connectivity index (χ0n) is 22.7. The first-order valence-corrected chi connectivity index (χ1v) is 13.0. The van der Waals surface area contributed by atoms with E-state index in [2.05, 4.69) is 4.98 Å². The lowest BCUT2D eigenvalue weighted by molar-refractivity contribution is 0.0696. The van der Waals surface area contributed by atoms with E-state index in [1.54, 1.807) is 37.4 Å². The number of carboxylic acid groups (broad SMARTS) is 1. The van der Waals surface area contributed by atoms with Gasteiger partial charge in [0.1, 0.15) is 30.8 Å². The van der Waals surface area contributed by atoms with Crippen molar-refractivity contribution in [3.05, 3.63) is 111 Å². The molecule has 1 heterocycles. The largest absolute Gasteiger partial charge is 0.488 e. The molecular weight excluding hydrogens is 528 g/mol. The fourth-order valence-electron chi connectivity index (χ4n) is 4.11. The van der Waals surface area contributed by atoms with Gasteiger partial charge in [0.15, 0.2) is 6.29 Å². The Morgan fingerprint density at radius 3 is 2.33 bits per heavy atom. The second-order valence-electron chi connectivity index (χ2n) is 8.58. The lowest BCUT2D eigenvalue weighted by Gasteiger charge is -2.17. The molecule has 0 aliphatic heterocycles. The van der Waals surface area contributed by atoms with Crippen molar-refractivity contribution in [1.82, 2.24) is 4.98 Å². The van der Waals surface area contributed by atoms with Gasteiger partial charge in [-0.2, -0.15) is 5.26 Å². The standard InChI is InChI=1S/C30H23ClN2O5.C2H6/c1-18-22(5-3-6-24(18)25-7-4-8-26(19(25)2)30(35)36)17-38-29-11-28(23(15-34)10-27(29)31)37-16-21-9-20(12-32)13-33-14-21;1-2/h3-11,13-15H,16-17H2,1-2H3,(H,35,36);1-2H3. The summed E-state index contributed by atoms with van der Waals surface area (Å²) in [7, 11) is 0. The number of nitriles is 1. The first kappa shape index (κ1) is 29.9. The first-order chi connectivity index (χ1) is 19.3. The van der Waals surface area contributed by atoms with E-state index < -0.39 is 5.97 Å². The van der Waals surface area contributed by atoms with Gasteiger partial charge in [0.25, 0.3) is 0 Å². The van der Waals surface area contributed by atoms with E-state index in [1.807, 2.05) is 51.1 Å². The van der Waals surface area contributed by atoms with Crippen LogP contribution in [0.2, 0.25) is 5.02 Å². The van der Waals surface area contributed by atoms with Gasteiger partial charge in [0.2, 0.25) is 0 Å². The number of aromatic nitrogens is 1. The molecule has 4 aromatic rings. The van der Waals surface area contributed by atoms with Crippen LogP contribution in [0.25, 0.3) is 11.1 Å². The van der Waals surface area contributed by atoms with Crippen LogP contribution in [0, 0.1) is 25.2 Å². The third-order valence-electron chi connectivity index (χ3n) is 6.19. The van der Waals surface area contributed by atoms with Crippen LogP contribution in [0.1, 0.15) is 62.4 Å². The number of carbonyl (C=O) groups is 2. The number of benzene rings is 3. The van der Waals surface area contributed by atoms with Gasteiger partial charge in [-0.15, -0.1) is 0 Å². The molecule has 0 unspecified atom stereocenters. The molecule has 0 aliphatic carbocycles. The van der Waals surface area contributed by atoms with E-state index in [4.69, 9.17) is 26.3 Å². The lowest BCUT2D eigenvalue weighted by atomic mass is 9.91. The molecule has 0 amide bonds. The van der Waals surface area contributed by atoms with Gasteiger partial charge >= 0.3 is 5.97 Å². The molecule has 0 atom stereocenters. The fraction of sp³-hybridized carbons (Fsp3) is 0.188. The average Bonchev–Trinajstić information content (AvgIpc) is 2.97. The molecule has 4 rings (SSSR count). The maximum atomic E-state index is 11.6. The number of carbonyl (C=O) groups excluding carboxylic acids is 1. The molecule has 0 saturated carbocycles. The van der Waals surface area contributed by atoms with Crippen LogP contribution >= 0.6 is 11.6 Å². The van der Waals surface area contributed by atoms with Crippen LogP contribution in [0.5, 0.6) is 11.5 Å². The quantitative estimate of drug-likeness (QED) is 0.211. The van der Waals surface area contributed by atoms with Crippen molar-refractivity contribution in [2.24, 2.45) is 0 Å². The highest BCUT2D eigenvalue weighted by Crippen LogP contribution is 2.35. The first-order valence-electron chi connectivity index (χ1n) is 12.6. The van der Waals surface area contributed by atoms with E-state index in [-0.39, 0.29) is 35.1 Å². The summed E-state index contributed by atoms with van der Waals surface area (Å²) < 4.78 is 11.9. The molecular formula is C32H29ClN2O5. The number of pyridine rings is 1. The van der Waals surface area contributed by atoms with Gasteiger partial charge in [-0.25, -0.2) is 4.79 Å². The number of rotatable bonds is 9. The van der Waals surface area contributed by atoms with Crippen LogP contribution in [-0.2, 0) is 13.2 Å². The van der Waals surface area contributed by atoms with Crippen molar-refractivity contribution < 1.29 is 24.2 Å². The molecule has 0 radical (unpaired) electrons. The third kappa shape index (κ3) is 6.85. The van der Waals surface area contributed by atoms with Crippen molar-refractivity contribution in [3.8, 4) is 28.7 Å². The average molecular weight is 557 g/mol. The van der Waals surface area contributed by atoms with Gasteiger partial charge < -0.3 is 14.6 Å². The number of aromatic carboxylic acids is 1. The van der Waals surface area contributed by atoms with Crippen molar-refractivity contribution in [2.75, 3.05) is 0 Å². The zero-order valence-corrected chi connectivity index (χ0v) is 23.5. The molecule has 0 bridgehead atoms. The number of ether oxygens (including phenoxy) is 2. The molecule has 3 aromatic carbocycles. The zero-order chi connectivity index (χ0) is 29.2. The van der Waals surface area contributed by atoms with Crippen LogP contribution in [-0.4, -0.2) is 22.3 Å². The number of hydrogen-bond acceptors (Lipinski definition) is 6. The predicted molar refractivity (Wildman–Crippen MR) is 154 cm³/mol. The van der Waals surface area contributed by atoms with E-state index in [0.29, 0.717) is 28.7 Å². The minimum absolute atomic E-state index is 0.0976.